The van der Waals surface area contributed by atoms with Crippen LogP contribution in [0.3, 0.4) is 0 Å². The normalized spacial score (nSPS) is 11.1. The van der Waals surface area contributed by atoms with Crippen molar-refractivity contribution < 1.29 is 9.53 Å². The van der Waals surface area contributed by atoms with E-state index in [-0.39, 0.29) is 5.91 Å². The van der Waals surface area contributed by atoms with Gasteiger partial charge in [0.2, 0.25) is 0 Å². The summed E-state index contributed by atoms with van der Waals surface area (Å²) in [6, 6.07) is 13.7. The fourth-order valence-corrected chi connectivity index (χ4v) is 4.73. The average molecular weight is 463 g/mol. The fourth-order valence-electron chi connectivity index (χ4n) is 3.69. The van der Waals surface area contributed by atoms with Crippen molar-refractivity contribution in [3.63, 3.8) is 0 Å². The number of hydrogen-bond acceptors (Lipinski definition) is 5. The summed E-state index contributed by atoms with van der Waals surface area (Å²) < 4.78 is 8.89. The zero-order chi connectivity index (χ0) is 23.0. The number of nitrogens with zero attached hydrogens (tertiary/aromatic N) is 4. The summed E-state index contributed by atoms with van der Waals surface area (Å²) in [5.74, 6) is 0.747. The Morgan fingerprint density at radius 1 is 1.12 bits per heavy atom. The van der Waals surface area contributed by atoms with Crippen molar-refractivity contribution in [2.24, 2.45) is 0 Å². The van der Waals surface area contributed by atoms with Crippen molar-refractivity contribution in [1.82, 2.24) is 14.5 Å². The van der Waals surface area contributed by atoms with E-state index in [9.17, 15) is 4.79 Å². The number of benzene rings is 2. The molecule has 6 nitrogen and oxygen atoms in total. The smallest absolute Gasteiger partial charge is 0.260 e. The predicted molar refractivity (Wildman–Crippen MR) is 134 cm³/mol. The molecule has 2 aromatic carbocycles. The molecule has 0 fully saturated rings. The summed E-state index contributed by atoms with van der Waals surface area (Å²) in [5, 5.41) is 0.741. The molecule has 4 rings (SSSR count). The molecule has 0 N–H and O–H groups in total. The van der Waals surface area contributed by atoms with Crippen molar-refractivity contribution in [1.29, 1.82) is 0 Å². The second kappa shape index (κ2) is 11.1. The SMILES string of the molecule is CCCCOc1ccc(C(=O)N(CCCn2ccnc2)c2nc3c(CC)cccc3s2)cc1. The zero-order valence-corrected chi connectivity index (χ0v) is 20.1. The summed E-state index contributed by atoms with van der Waals surface area (Å²) in [4.78, 5) is 24.4. The first kappa shape index (κ1) is 23.0. The number of aryl methyl sites for hydroxylation is 2. The van der Waals surface area contributed by atoms with Crippen LogP contribution in [0.25, 0.3) is 10.2 Å². The fraction of sp³-hybridized carbons (Fsp3) is 0.346. The molecule has 172 valence electrons. The lowest BCUT2D eigenvalue weighted by Gasteiger charge is -2.20. The number of rotatable bonds is 11. The second-order valence-corrected chi connectivity index (χ2v) is 8.96. The summed E-state index contributed by atoms with van der Waals surface area (Å²) in [5.41, 5.74) is 2.83. The molecular formula is C26H30N4O2S. The molecule has 2 aromatic heterocycles. The summed E-state index contributed by atoms with van der Waals surface area (Å²) >= 11 is 1.57. The predicted octanol–water partition coefficient (Wildman–Crippen LogP) is 5.97. The van der Waals surface area contributed by atoms with E-state index in [1.807, 2.05) is 39.9 Å². The van der Waals surface area contributed by atoms with E-state index in [1.165, 1.54) is 5.56 Å². The van der Waals surface area contributed by atoms with Crippen LogP contribution in [0.5, 0.6) is 5.75 Å². The first-order valence-electron chi connectivity index (χ1n) is 11.6. The monoisotopic (exact) mass is 462 g/mol. The molecule has 2 heterocycles. The van der Waals surface area contributed by atoms with Crippen molar-refractivity contribution >= 4 is 32.6 Å². The van der Waals surface area contributed by atoms with Gasteiger partial charge in [0.15, 0.2) is 5.13 Å². The van der Waals surface area contributed by atoms with Gasteiger partial charge in [0.05, 0.1) is 23.2 Å². The quantitative estimate of drug-likeness (QED) is 0.258. The van der Waals surface area contributed by atoms with Gasteiger partial charge in [0.25, 0.3) is 5.91 Å². The second-order valence-electron chi connectivity index (χ2n) is 7.95. The van der Waals surface area contributed by atoms with Gasteiger partial charge in [0, 0.05) is 31.0 Å². The number of imidazole rings is 1. The topological polar surface area (TPSA) is 60.2 Å². The van der Waals surface area contributed by atoms with Crippen molar-refractivity contribution in [2.75, 3.05) is 18.1 Å². The van der Waals surface area contributed by atoms with E-state index < -0.39 is 0 Å². The van der Waals surface area contributed by atoms with Gasteiger partial charge in [-0.05, 0) is 55.2 Å². The van der Waals surface area contributed by atoms with Gasteiger partial charge in [-0.15, -0.1) is 0 Å². The third-order valence-corrected chi connectivity index (χ3v) is 6.62. The molecule has 0 aliphatic heterocycles. The van der Waals surface area contributed by atoms with Gasteiger partial charge in [-0.1, -0.05) is 43.7 Å². The Morgan fingerprint density at radius 2 is 1.97 bits per heavy atom. The van der Waals surface area contributed by atoms with Crippen molar-refractivity contribution in [3.8, 4) is 5.75 Å². The standard InChI is InChI=1S/C26H30N4O2S/c1-3-5-18-32-22-12-10-21(11-13-22)25(31)30(16-7-15-29-17-14-27-19-29)26-28-24-20(4-2)8-6-9-23(24)33-26/h6,8-14,17,19H,3-5,7,15-16,18H2,1-2H3. The number of thiazole rings is 1. The Labute approximate surface area is 198 Å². The maximum atomic E-state index is 13.6. The number of carbonyl (C=O) groups excluding carboxylic acids is 1. The van der Waals surface area contributed by atoms with Gasteiger partial charge in [-0.25, -0.2) is 9.97 Å². The maximum absolute atomic E-state index is 13.6. The van der Waals surface area contributed by atoms with Crippen LogP contribution in [0.4, 0.5) is 5.13 Å². The number of hydrogen-bond donors (Lipinski definition) is 0. The minimum atomic E-state index is -0.0437. The number of fused-ring (bicyclic) bond motifs is 1. The molecule has 0 saturated heterocycles. The highest BCUT2D eigenvalue weighted by Gasteiger charge is 2.22. The number of amides is 1. The molecule has 0 aliphatic rings. The lowest BCUT2D eigenvalue weighted by molar-refractivity contribution is 0.0986. The summed E-state index contributed by atoms with van der Waals surface area (Å²) in [6.07, 6.45) is 9.33. The minimum Gasteiger partial charge on any atom is -0.494 e. The van der Waals surface area contributed by atoms with Crippen molar-refractivity contribution in [3.05, 3.63) is 72.3 Å². The van der Waals surface area contributed by atoms with Crippen LogP contribution in [-0.2, 0) is 13.0 Å². The van der Waals surface area contributed by atoms with Gasteiger partial charge >= 0.3 is 0 Å². The molecular weight excluding hydrogens is 432 g/mol. The van der Waals surface area contributed by atoms with Crippen molar-refractivity contribution in [2.45, 2.75) is 46.1 Å². The summed E-state index contributed by atoms with van der Waals surface area (Å²) in [7, 11) is 0. The Kier molecular flexibility index (Phi) is 7.73. The van der Waals surface area contributed by atoms with Gasteiger partial charge in [0.1, 0.15) is 5.75 Å². The highest BCUT2D eigenvalue weighted by Crippen LogP contribution is 2.32. The van der Waals surface area contributed by atoms with Crippen LogP contribution in [0.2, 0.25) is 0 Å². The van der Waals surface area contributed by atoms with Crippen LogP contribution in [0.15, 0.2) is 61.2 Å². The van der Waals surface area contributed by atoms with E-state index in [2.05, 4.69) is 37.0 Å². The Balaban J connectivity index is 1.57. The molecule has 0 unspecified atom stereocenters. The molecule has 1 amide bonds. The lowest BCUT2D eigenvalue weighted by atomic mass is 10.1. The Hall–Kier alpha value is -3.19. The molecule has 0 bridgehead atoms. The molecule has 0 aliphatic carbocycles. The van der Waals surface area contributed by atoms with E-state index in [4.69, 9.17) is 9.72 Å². The highest BCUT2D eigenvalue weighted by atomic mass is 32.1. The minimum absolute atomic E-state index is 0.0437. The Bertz CT molecular complexity index is 1170. The van der Waals surface area contributed by atoms with E-state index in [0.717, 1.165) is 53.3 Å². The lowest BCUT2D eigenvalue weighted by Crippen LogP contribution is -2.32. The van der Waals surface area contributed by atoms with Crippen LogP contribution in [-0.4, -0.2) is 33.6 Å². The first-order chi connectivity index (χ1) is 16.2. The zero-order valence-electron chi connectivity index (χ0n) is 19.2. The molecule has 33 heavy (non-hydrogen) atoms. The Morgan fingerprint density at radius 3 is 2.70 bits per heavy atom. The third kappa shape index (κ3) is 5.60. The molecule has 0 spiro atoms. The van der Waals surface area contributed by atoms with Crippen LogP contribution >= 0.6 is 11.3 Å². The number of unbranched alkanes of at least 4 members (excludes halogenated alkanes) is 1. The average Bonchev–Trinajstić information content (AvgIpc) is 3.52. The molecule has 4 aromatic rings. The first-order valence-corrected chi connectivity index (χ1v) is 12.4. The molecule has 0 atom stereocenters. The van der Waals surface area contributed by atoms with E-state index in [0.29, 0.717) is 18.7 Å². The molecule has 7 heteroatoms. The number of para-hydroxylation sites is 1. The number of carbonyl (C=O) groups is 1. The van der Waals surface area contributed by atoms with Gasteiger partial charge < -0.3 is 9.30 Å². The summed E-state index contributed by atoms with van der Waals surface area (Å²) in [6.45, 7) is 6.33. The maximum Gasteiger partial charge on any atom is 0.260 e. The van der Waals surface area contributed by atoms with Crippen LogP contribution in [0.1, 0.15) is 49.0 Å². The largest absolute Gasteiger partial charge is 0.494 e. The number of anilines is 1. The molecule has 0 radical (unpaired) electrons. The van der Waals surface area contributed by atoms with Crippen LogP contribution in [0, 0.1) is 0 Å². The van der Waals surface area contributed by atoms with E-state index in [1.54, 1.807) is 23.9 Å². The number of ether oxygens (including phenoxy) is 1. The van der Waals surface area contributed by atoms with Gasteiger partial charge in [-0.2, -0.15) is 0 Å². The number of aromatic nitrogens is 3. The van der Waals surface area contributed by atoms with Crippen LogP contribution < -0.4 is 9.64 Å². The molecule has 0 saturated carbocycles. The highest BCUT2D eigenvalue weighted by molar-refractivity contribution is 7.22. The third-order valence-electron chi connectivity index (χ3n) is 5.57. The van der Waals surface area contributed by atoms with E-state index >= 15 is 0 Å². The van der Waals surface area contributed by atoms with Gasteiger partial charge in [-0.3, -0.25) is 9.69 Å².